The Balaban J connectivity index is 2.28. The van der Waals surface area contributed by atoms with Crippen LogP contribution < -0.4 is 0 Å². The average Bonchev–Trinajstić information content (AvgIpc) is 2.51. The van der Waals surface area contributed by atoms with Crippen LogP contribution in [0, 0.1) is 22.2 Å². The largest absolute Gasteiger partial charge is 0.481 e. The van der Waals surface area contributed by atoms with E-state index < -0.39 is 40.5 Å². The van der Waals surface area contributed by atoms with Crippen LogP contribution in [0.1, 0.15) is 52.9 Å². The van der Waals surface area contributed by atoms with Gasteiger partial charge in [-0.25, -0.2) is 0 Å². The van der Waals surface area contributed by atoms with Crippen LogP contribution in [0.15, 0.2) is 24.3 Å². The van der Waals surface area contributed by atoms with E-state index >= 15 is 0 Å². The molecule has 0 unspecified atom stereocenters. The fraction of sp³-hybridized carbons (Fsp3) is 0.750. The summed E-state index contributed by atoms with van der Waals surface area (Å²) in [6, 6.07) is 0. The lowest BCUT2D eigenvalue weighted by Crippen LogP contribution is -2.72. The molecule has 25 heavy (non-hydrogen) atoms. The Morgan fingerprint density at radius 3 is 2.48 bits per heavy atom. The predicted octanol–water partition coefficient (Wildman–Crippen LogP) is 2.26. The maximum Gasteiger partial charge on any atom is 0.313 e. The fourth-order valence-corrected chi connectivity index (χ4v) is 5.91. The minimum Gasteiger partial charge on any atom is -0.481 e. The van der Waals surface area contributed by atoms with Gasteiger partial charge in [0.25, 0.3) is 0 Å². The van der Waals surface area contributed by atoms with Crippen molar-refractivity contribution in [3.05, 3.63) is 24.3 Å². The van der Waals surface area contributed by atoms with Crippen molar-refractivity contribution < 1.29 is 25.2 Å². The van der Waals surface area contributed by atoms with Gasteiger partial charge in [-0.15, -0.1) is 6.58 Å². The number of hydrogen-bond donors (Lipinski definition) is 4. The first-order valence-electron chi connectivity index (χ1n) is 9.13. The minimum absolute atomic E-state index is 0.186. The standard InChI is InChI=1S/C20H30O5/c1-5-18(4)10-12-13(21)9-14-17(2,3)7-6-8-19(14,16(23)24)20(12,25)15(22)11-18/h5,10,13-15,21-22,25H,1,6-9,11H2,2-4H3,(H,23,24)/t13-,14-,15+,18+,19-,20-/m0/s1. The Bertz CT molecular complexity index is 638. The molecule has 2 saturated carbocycles. The molecule has 4 N–H and O–H groups in total. The highest BCUT2D eigenvalue weighted by Gasteiger charge is 2.72. The average molecular weight is 350 g/mol. The van der Waals surface area contributed by atoms with Gasteiger partial charge in [-0.05, 0) is 42.6 Å². The van der Waals surface area contributed by atoms with Crippen LogP contribution in [-0.4, -0.2) is 44.2 Å². The number of carboxylic acid groups (broad SMARTS) is 1. The first-order chi connectivity index (χ1) is 11.4. The van der Waals surface area contributed by atoms with Gasteiger partial charge >= 0.3 is 5.97 Å². The molecule has 5 heteroatoms. The lowest BCUT2D eigenvalue weighted by Gasteiger charge is -2.64. The molecule has 3 rings (SSSR count). The Labute approximate surface area is 149 Å². The summed E-state index contributed by atoms with van der Waals surface area (Å²) >= 11 is 0. The summed E-state index contributed by atoms with van der Waals surface area (Å²) in [5, 5.41) is 43.7. The molecule has 3 aliphatic rings. The zero-order valence-electron chi connectivity index (χ0n) is 15.3. The molecule has 0 aromatic rings. The van der Waals surface area contributed by atoms with Crippen molar-refractivity contribution >= 4 is 5.97 Å². The second-order valence-electron chi connectivity index (χ2n) is 9.22. The number of hydrogen-bond acceptors (Lipinski definition) is 4. The predicted molar refractivity (Wildman–Crippen MR) is 93.8 cm³/mol. The molecule has 6 atom stereocenters. The van der Waals surface area contributed by atoms with Gasteiger partial charge in [0.1, 0.15) is 11.0 Å². The van der Waals surface area contributed by atoms with Gasteiger partial charge in [-0.3, -0.25) is 4.79 Å². The number of rotatable bonds is 2. The van der Waals surface area contributed by atoms with Crippen LogP contribution in [0.3, 0.4) is 0 Å². The number of allylic oxidation sites excluding steroid dienone is 2. The summed E-state index contributed by atoms with van der Waals surface area (Å²) in [7, 11) is 0. The van der Waals surface area contributed by atoms with Gasteiger partial charge in [-0.1, -0.05) is 39.3 Å². The second kappa shape index (κ2) is 5.41. The van der Waals surface area contributed by atoms with E-state index in [0.29, 0.717) is 12.8 Å². The van der Waals surface area contributed by atoms with Crippen molar-refractivity contribution in [3.63, 3.8) is 0 Å². The molecule has 0 bridgehead atoms. The molecule has 0 saturated heterocycles. The van der Waals surface area contributed by atoms with Crippen molar-refractivity contribution in [1.82, 2.24) is 0 Å². The molecule has 3 aliphatic carbocycles. The number of aliphatic hydroxyl groups is 3. The third-order valence-electron chi connectivity index (χ3n) is 7.32. The van der Waals surface area contributed by atoms with Crippen LogP contribution in [0.5, 0.6) is 0 Å². The van der Waals surface area contributed by atoms with Crippen LogP contribution in [0.2, 0.25) is 0 Å². The monoisotopic (exact) mass is 350 g/mol. The highest BCUT2D eigenvalue weighted by molar-refractivity contribution is 5.79. The normalized spacial score (nSPS) is 48.7. The molecular formula is C20H30O5. The number of aliphatic hydroxyl groups excluding tert-OH is 2. The third-order valence-corrected chi connectivity index (χ3v) is 7.32. The minimum atomic E-state index is -1.96. The van der Waals surface area contributed by atoms with E-state index in [1.165, 1.54) is 0 Å². The van der Waals surface area contributed by atoms with E-state index in [-0.39, 0.29) is 23.8 Å². The van der Waals surface area contributed by atoms with Crippen molar-refractivity contribution in [3.8, 4) is 0 Å². The molecule has 0 aromatic carbocycles. The lowest BCUT2D eigenvalue weighted by atomic mass is 9.42. The molecular weight excluding hydrogens is 320 g/mol. The first-order valence-corrected chi connectivity index (χ1v) is 9.13. The van der Waals surface area contributed by atoms with Crippen molar-refractivity contribution in [2.24, 2.45) is 22.2 Å². The Hall–Kier alpha value is -1.17. The maximum atomic E-state index is 12.5. The zero-order chi connectivity index (χ0) is 18.8. The second-order valence-corrected chi connectivity index (χ2v) is 9.22. The van der Waals surface area contributed by atoms with Crippen LogP contribution in [0.4, 0.5) is 0 Å². The molecule has 0 aliphatic heterocycles. The summed E-state index contributed by atoms with van der Waals surface area (Å²) < 4.78 is 0. The summed E-state index contributed by atoms with van der Waals surface area (Å²) in [6.45, 7) is 9.67. The SMILES string of the molecule is C=C[C@]1(C)C=C2[C@@H](O)C[C@H]3C(C)(C)CCC[C@]3(C(=O)O)[C@@]2(O)[C@H](O)C1. The van der Waals surface area contributed by atoms with Gasteiger partial charge in [0.15, 0.2) is 0 Å². The summed E-state index contributed by atoms with van der Waals surface area (Å²) in [5.74, 6) is -1.49. The van der Waals surface area contributed by atoms with Crippen molar-refractivity contribution in [2.45, 2.75) is 70.7 Å². The molecule has 0 aromatic heterocycles. The molecule has 2 fully saturated rings. The molecule has 0 heterocycles. The molecule has 0 spiro atoms. The van der Waals surface area contributed by atoms with Gasteiger partial charge in [0, 0.05) is 5.41 Å². The van der Waals surface area contributed by atoms with E-state index in [0.717, 1.165) is 6.42 Å². The molecule has 140 valence electrons. The van der Waals surface area contributed by atoms with Crippen molar-refractivity contribution in [1.29, 1.82) is 0 Å². The van der Waals surface area contributed by atoms with Gasteiger partial charge in [0.05, 0.1) is 12.2 Å². The first kappa shape index (κ1) is 18.6. The highest BCUT2D eigenvalue weighted by atomic mass is 16.4. The Morgan fingerprint density at radius 2 is 1.92 bits per heavy atom. The third kappa shape index (κ3) is 2.22. The molecule has 0 amide bonds. The number of carboxylic acids is 1. The van der Waals surface area contributed by atoms with Crippen LogP contribution in [0.25, 0.3) is 0 Å². The lowest BCUT2D eigenvalue weighted by molar-refractivity contribution is -0.236. The van der Waals surface area contributed by atoms with Gasteiger partial charge < -0.3 is 20.4 Å². The number of aliphatic carboxylic acids is 1. The van der Waals surface area contributed by atoms with E-state index in [4.69, 9.17) is 0 Å². The number of carbonyl (C=O) groups is 1. The molecule has 0 radical (unpaired) electrons. The molecule has 5 nitrogen and oxygen atoms in total. The smallest absolute Gasteiger partial charge is 0.313 e. The highest BCUT2D eigenvalue weighted by Crippen LogP contribution is 2.65. The Kier molecular flexibility index (Phi) is 4.03. The van der Waals surface area contributed by atoms with E-state index in [1.807, 2.05) is 20.8 Å². The Morgan fingerprint density at radius 1 is 1.28 bits per heavy atom. The number of fused-ring (bicyclic) bond motifs is 3. The maximum absolute atomic E-state index is 12.5. The zero-order valence-corrected chi connectivity index (χ0v) is 15.3. The van der Waals surface area contributed by atoms with Crippen LogP contribution in [-0.2, 0) is 4.79 Å². The van der Waals surface area contributed by atoms with Gasteiger partial charge in [0.2, 0.25) is 0 Å². The fourth-order valence-electron chi connectivity index (χ4n) is 5.91. The van der Waals surface area contributed by atoms with Crippen LogP contribution >= 0.6 is 0 Å². The summed E-state index contributed by atoms with van der Waals surface area (Å²) in [4.78, 5) is 12.5. The van der Waals surface area contributed by atoms with Crippen molar-refractivity contribution in [2.75, 3.05) is 0 Å². The summed E-state index contributed by atoms with van der Waals surface area (Å²) in [5.41, 5.74) is -4.11. The van der Waals surface area contributed by atoms with E-state index in [1.54, 1.807) is 12.2 Å². The topological polar surface area (TPSA) is 98.0 Å². The van der Waals surface area contributed by atoms with Gasteiger partial charge in [-0.2, -0.15) is 0 Å². The quantitative estimate of drug-likeness (QED) is 0.573. The summed E-state index contributed by atoms with van der Waals surface area (Å²) in [6.07, 6.45) is 3.48. The van der Waals surface area contributed by atoms with E-state index in [9.17, 15) is 25.2 Å². The van der Waals surface area contributed by atoms with E-state index in [2.05, 4.69) is 6.58 Å².